The molecule has 0 atom stereocenters. The first-order chi connectivity index (χ1) is 10.7. The molecule has 5 nitrogen and oxygen atoms in total. The van der Waals surface area contributed by atoms with Crippen LogP contribution in [0.2, 0.25) is 0 Å². The first kappa shape index (κ1) is 14.6. The molecule has 0 aliphatic heterocycles. The molecule has 2 N–H and O–H groups in total. The molecule has 0 unspecified atom stereocenters. The minimum atomic E-state index is 0.546. The van der Waals surface area contributed by atoms with E-state index in [1.807, 2.05) is 30.3 Å². The first-order valence-corrected chi connectivity index (χ1v) is 7.62. The van der Waals surface area contributed by atoms with Crippen LogP contribution in [0.25, 0.3) is 0 Å². The lowest BCUT2D eigenvalue weighted by molar-refractivity contribution is 0.517. The average molecular weight is 359 g/mol. The van der Waals surface area contributed by atoms with E-state index in [1.165, 1.54) is 5.56 Å². The number of anilines is 3. The van der Waals surface area contributed by atoms with Gasteiger partial charge in [-0.1, -0.05) is 6.07 Å². The van der Waals surface area contributed by atoms with Gasteiger partial charge in [0.1, 0.15) is 11.6 Å². The lowest BCUT2D eigenvalue weighted by atomic mass is 10.2. The van der Waals surface area contributed by atoms with Crippen LogP contribution in [-0.2, 0) is 6.54 Å². The van der Waals surface area contributed by atoms with Crippen molar-refractivity contribution in [3.8, 4) is 0 Å². The van der Waals surface area contributed by atoms with Crippen molar-refractivity contribution >= 4 is 33.4 Å². The maximum Gasteiger partial charge on any atom is 0.224 e. The summed E-state index contributed by atoms with van der Waals surface area (Å²) in [5, 5.41) is 6.40. The summed E-state index contributed by atoms with van der Waals surface area (Å²) in [4.78, 5) is 8.64. The molecular formula is C16H15BrN4O. The SMILES string of the molecule is Cc1ccc(Nc2ccnc(NCc3ccco3)n2)c(Br)c1. The van der Waals surface area contributed by atoms with Crippen molar-refractivity contribution in [1.82, 2.24) is 9.97 Å². The maximum atomic E-state index is 5.27. The first-order valence-electron chi connectivity index (χ1n) is 6.83. The van der Waals surface area contributed by atoms with E-state index in [9.17, 15) is 0 Å². The molecule has 0 saturated heterocycles. The van der Waals surface area contributed by atoms with E-state index in [2.05, 4.69) is 49.5 Å². The predicted octanol–water partition coefficient (Wildman–Crippen LogP) is 4.50. The van der Waals surface area contributed by atoms with Crippen LogP contribution in [-0.4, -0.2) is 9.97 Å². The number of halogens is 1. The zero-order valence-corrected chi connectivity index (χ0v) is 13.6. The highest BCUT2D eigenvalue weighted by Gasteiger charge is 2.04. The van der Waals surface area contributed by atoms with Crippen LogP contribution in [0.4, 0.5) is 17.5 Å². The number of furan rings is 1. The van der Waals surface area contributed by atoms with Crippen molar-refractivity contribution in [2.24, 2.45) is 0 Å². The Labute approximate surface area is 136 Å². The number of rotatable bonds is 5. The van der Waals surface area contributed by atoms with E-state index in [1.54, 1.807) is 12.5 Å². The summed E-state index contributed by atoms with van der Waals surface area (Å²) in [5.74, 6) is 2.11. The molecule has 0 fully saturated rings. The predicted molar refractivity (Wildman–Crippen MR) is 90.2 cm³/mol. The summed E-state index contributed by atoms with van der Waals surface area (Å²) in [6.45, 7) is 2.60. The smallest absolute Gasteiger partial charge is 0.224 e. The highest BCUT2D eigenvalue weighted by atomic mass is 79.9. The third-order valence-electron chi connectivity index (χ3n) is 3.04. The van der Waals surface area contributed by atoms with E-state index in [0.29, 0.717) is 12.5 Å². The fourth-order valence-electron chi connectivity index (χ4n) is 1.95. The van der Waals surface area contributed by atoms with E-state index in [4.69, 9.17) is 4.42 Å². The molecule has 0 bridgehead atoms. The van der Waals surface area contributed by atoms with Crippen LogP contribution in [0, 0.1) is 6.92 Å². The number of hydrogen-bond acceptors (Lipinski definition) is 5. The van der Waals surface area contributed by atoms with Gasteiger partial charge in [-0.05, 0) is 58.7 Å². The lowest BCUT2D eigenvalue weighted by Crippen LogP contribution is -2.04. The summed E-state index contributed by atoms with van der Waals surface area (Å²) in [6.07, 6.45) is 3.35. The van der Waals surface area contributed by atoms with E-state index >= 15 is 0 Å². The quantitative estimate of drug-likeness (QED) is 0.703. The van der Waals surface area contributed by atoms with E-state index in [0.717, 1.165) is 21.7 Å². The highest BCUT2D eigenvalue weighted by Crippen LogP contribution is 2.26. The molecule has 3 rings (SSSR count). The lowest BCUT2D eigenvalue weighted by Gasteiger charge is -2.10. The normalized spacial score (nSPS) is 10.5. The molecule has 3 aromatic rings. The molecule has 0 aliphatic rings. The number of aromatic nitrogens is 2. The number of nitrogens with one attached hydrogen (secondary N) is 2. The van der Waals surface area contributed by atoms with Crippen molar-refractivity contribution in [3.63, 3.8) is 0 Å². The largest absolute Gasteiger partial charge is 0.467 e. The Morgan fingerprint density at radius 3 is 2.91 bits per heavy atom. The second-order valence-corrected chi connectivity index (χ2v) is 5.66. The molecular weight excluding hydrogens is 344 g/mol. The minimum absolute atomic E-state index is 0.546. The van der Waals surface area contributed by atoms with Crippen LogP contribution in [0.5, 0.6) is 0 Å². The van der Waals surface area contributed by atoms with Gasteiger partial charge in [0.2, 0.25) is 5.95 Å². The Morgan fingerprint density at radius 2 is 2.14 bits per heavy atom. The zero-order valence-electron chi connectivity index (χ0n) is 12.0. The summed E-state index contributed by atoms with van der Waals surface area (Å²) in [5.41, 5.74) is 2.15. The van der Waals surface area contributed by atoms with Gasteiger partial charge in [-0.25, -0.2) is 4.98 Å². The summed E-state index contributed by atoms with van der Waals surface area (Å²) >= 11 is 3.55. The van der Waals surface area contributed by atoms with Gasteiger partial charge in [-0.3, -0.25) is 0 Å². The van der Waals surface area contributed by atoms with Gasteiger partial charge in [0, 0.05) is 10.7 Å². The van der Waals surface area contributed by atoms with Gasteiger partial charge >= 0.3 is 0 Å². The highest BCUT2D eigenvalue weighted by molar-refractivity contribution is 9.10. The van der Waals surface area contributed by atoms with Gasteiger partial charge in [-0.15, -0.1) is 0 Å². The molecule has 1 aromatic carbocycles. The third-order valence-corrected chi connectivity index (χ3v) is 3.70. The average Bonchev–Trinajstić information content (AvgIpc) is 3.02. The molecule has 112 valence electrons. The van der Waals surface area contributed by atoms with Crippen molar-refractivity contribution < 1.29 is 4.42 Å². The van der Waals surface area contributed by atoms with Crippen LogP contribution in [0.15, 0.2) is 57.7 Å². The second kappa shape index (κ2) is 6.62. The molecule has 0 radical (unpaired) electrons. The standard InChI is InChI=1S/C16H15BrN4O/c1-11-4-5-14(13(17)9-11)20-15-6-7-18-16(21-15)19-10-12-3-2-8-22-12/h2-9H,10H2,1H3,(H2,18,19,20,21). The van der Waals surface area contributed by atoms with Crippen molar-refractivity contribution in [2.45, 2.75) is 13.5 Å². The van der Waals surface area contributed by atoms with Crippen LogP contribution in [0.3, 0.4) is 0 Å². The fraction of sp³-hybridized carbons (Fsp3) is 0.125. The number of hydrogen-bond donors (Lipinski definition) is 2. The summed E-state index contributed by atoms with van der Waals surface area (Å²) < 4.78 is 6.26. The molecule has 0 saturated carbocycles. The van der Waals surface area contributed by atoms with Crippen molar-refractivity contribution in [3.05, 3.63) is 64.7 Å². The Bertz CT molecular complexity index is 759. The van der Waals surface area contributed by atoms with Gasteiger partial charge in [0.15, 0.2) is 0 Å². The number of nitrogens with zero attached hydrogens (tertiary/aromatic N) is 2. The monoisotopic (exact) mass is 358 g/mol. The molecule has 6 heteroatoms. The zero-order chi connectivity index (χ0) is 15.4. The number of benzene rings is 1. The van der Waals surface area contributed by atoms with Gasteiger partial charge in [-0.2, -0.15) is 4.98 Å². The number of aryl methyl sites for hydroxylation is 1. The molecule has 0 spiro atoms. The molecule has 2 heterocycles. The molecule has 2 aromatic heterocycles. The van der Waals surface area contributed by atoms with Crippen LogP contribution < -0.4 is 10.6 Å². The minimum Gasteiger partial charge on any atom is -0.467 e. The van der Waals surface area contributed by atoms with Gasteiger partial charge < -0.3 is 15.1 Å². The van der Waals surface area contributed by atoms with Crippen molar-refractivity contribution in [2.75, 3.05) is 10.6 Å². The van der Waals surface area contributed by atoms with Crippen LogP contribution in [0.1, 0.15) is 11.3 Å². The third kappa shape index (κ3) is 3.65. The topological polar surface area (TPSA) is 63.0 Å². The Balaban J connectivity index is 1.70. The Kier molecular flexibility index (Phi) is 4.39. The summed E-state index contributed by atoms with van der Waals surface area (Å²) in [6, 6.07) is 11.7. The van der Waals surface area contributed by atoms with Gasteiger partial charge in [0.25, 0.3) is 0 Å². The van der Waals surface area contributed by atoms with Crippen LogP contribution >= 0.6 is 15.9 Å². The maximum absolute atomic E-state index is 5.27. The molecule has 0 aliphatic carbocycles. The Morgan fingerprint density at radius 1 is 1.23 bits per heavy atom. The van der Waals surface area contributed by atoms with E-state index in [-0.39, 0.29) is 0 Å². The van der Waals surface area contributed by atoms with Gasteiger partial charge in [0.05, 0.1) is 18.5 Å². The molecule has 0 amide bonds. The van der Waals surface area contributed by atoms with E-state index < -0.39 is 0 Å². The summed E-state index contributed by atoms with van der Waals surface area (Å²) in [7, 11) is 0. The fourth-order valence-corrected chi connectivity index (χ4v) is 2.54. The van der Waals surface area contributed by atoms with Crippen molar-refractivity contribution in [1.29, 1.82) is 0 Å². The molecule has 22 heavy (non-hydrogen) atoms. The second-order valence-electron chi connectivity index (χ2n) is 4.81. The Hall–Kier alpha value is -2.34.